The van der Waals surface area contributed by atoms with Gasteiger partial charge in [0, 0.05) is 12.8 Å². The number of hydrogen-bond donors (Lipinski definition) is 2. The van der Waals surface area contributed by atoms with Crippen molar-refractivity contribution in [3.63, 3.8) is 0 Å². The molecule has 3 N–H and O–H groups in total. The van der Waals surface area contributed by atoms with Crippen molar-refractivity contribution in [3.8, 4) is 0 Å². The fourth-order valence-corrected chi connectivity index (χ4v) is 1.99. The fourth-order valence-electron chi connectivity index (χ4n) is 1.36. The average Bonchev–Trinajstić information content (AvgIpc) is 2.34. The molecule has 18 heavy (non-hydrogen) atoms. The molecule has 0 heterocycles. The van der Waals surface area contributed by atoms with Crippen molar-refractivity contribution in [2.45, 2.75) is 30.8 Å². The first kappa shape index (κ1) is 14.7. The van der Waals surface area contributed by atoms with E-state index in [4.69, 9.17) is 5.73 Å². The van der Waals surface area contributed by atoms with Crippen LogP contribution in [0.25, 0.3) is 0 Å². The van der Waals surface area contributed by atoms with Gasteiger partial charge >= 0.3 is 0 Å². The van der Waals surface area contributed by atoms with Gasteiger partial charge in [0.05, 0.1) is 10.9 Å². The summed E-state index contributed by atoms with van der Waals surface area (Å²) in [6.45, 7) is 2.18. The lowest BCUT2D eigenvalue weighted by atomic mass is 10.2. The highest BCUT2D eigenvalue weighted by Crippen LogP contribution is 2.10. The molecule has 0 unspecified atom stereocenters. The Balaban J connectivity index is 2.63. The molecule has 0 bridgehead atoms. The molecule has 1 amide bonds. The summed E-state index contributed by atoms with van der Waals surface area (Å²) in [5.74, 6) is -0.204. The Bertz CT molecular complexity index is 509. The maximum Gasteiger partial charge on any atom is 0.237 e. The van der Waals surface area contributed by atoms with Gasteiger partial charge in [-0.05, 0) is 24.1 Å². The molecule has 0 spiro atoms. The van der Waals surface area contributed by atoms with E-state index in [1.165, 1.54) is 12.1 Å². The second-order valence-corrected chi connectivity index (χ2v) is 6.16. The molecule has 5 nitrogen and oxygen atoms in total. The highest BCUT2D eigenvalue weighted by Gasteiger charge is 2.10. The van der Waals surface area contributed by atoms with Crippen LogP contribution in [0.4, 0.5) is 0 Å². The molecule has 0 aliphatic heterocycles. The predicted molar refractivity (Wildman–Crippen MR) is 69.7 cm³/mol. The molecule has 1 rings (SSSR count). The molecule has 0 aliphatic carbocycles. The molecule has 0 fully saturated rings. The number of carbonyl (C=O) groups is 1. The van der Waals surface area contributed by atoms with Gasteiger partial charge in [-0.1, -0.05) is 19.1 Å². The third-order valence-corrected chi connectivity index (χ3v) is 3.72. The largest absolute Gasteiger partial charge is 0.351 e. The fraction of sp³-hybridized carbons (Fsp3) is 0.417. The summed E-state index contributed by atoms with van der Waals surface area (Å²) >= 11 is 0. The van der Waals surface area contributed by atoms with Gasteiger partial charge in [-0.15, -0.1) is 0 Å². The van der Waals surface area contributed by atoms with E-state index in [0.717, 1.165) is 11.8 Å². The second-order valence-electron chi connectivity index (χ2n) is 4.15. The van der Waals surface area contributed by atoms with Crippen LogP contribution >= 0.6 is 0 Å². The van der Waals surface area contributed by atoms with Gasteiger partial charge in [0.15, 0.2) is 9.84 Å². The number of nitrogens with one attached hydrogen (secondary N) is 1. The van der Waals surface area contributed by atoms with Gasteiger partial charge in [0.1, 0.15) is 0 Å². The first-order valence-corrected chi connectivity index (χ1v) is 7.56. The van der Waals surface area contributed by atoms with Crippen molar-refractivity contribution in [2.24, 2.45) is 5.73 Å². The maximum atomic E-state index is 11.4. The lowest BCUT2D eigenvalue weighted by molar-refractivity contribution is -0.122. The third kappa shape index (κ3) is 4.12. The Morgan fingerprint density at radius 3 is 2.33 bits per heavy atom. The minimum atomic E-state index is -3.18. The van der Waals surface area contributed by atoms with E-state index >= 15 is 0 Å². The van der Waals surface area contributed by atoms with Crippen LogP contribution in [0.2, 0.25) is 0 Å². The van der Waals surface area contributed by atoms with Crippen LogP contribution in [0.5, 0.6) is 0 Å². The van der Waals surface area contributed by atoms with Crippen molar-refractivity contribution >= 4 is 15.7 Å². The van der Waals surface area contributed by atoms with E-state index in [0.29, 0.717) is 13.0 Å². The Labute approximate surface area is 107 Å². The molecule has 100 valence electrons. The summed E-state index contributed by atoms with van der Waals surface area (Å²) in [7, 11) is -3.18. The number of benzene rings is 1. The van der Waals surface area contributed by atoms with Crippen LogP contribution in [0.3, 0.4) is 0 Å². The smallest absolute Gasteiger partial charge is 0.237 e. The van der Waals surface area contributed by atoms with Crippen LogP contribution < -0.4 is 11.1 Å². The third-order valence-electron chi connectivity index (χ3n) is 2.59. The Morgan fingerprint density at radius 2 is 1.89 bits per heavy atom. The zero-order valence-electron chi connectivity index (χ0n) is 10.5. The number of amides is 1. The summed E-state index contributed by atoms with van der Waals surface area (Å²) in [5, 5.41) is 2.69. The van der Waals surface area contributed by atoms with Crippen LogP contribution in [0, 0.1) is 0 Å². The summed E-state index contributed by atoms with van der Waals surface area (Å²) in [4.78, 5) is 11.7. The van der Waals surface area contributed by atoms with Crippen LogP contribution in [0.15, 0.2) is 29.2 Å². The van der Waals surface area contributed by atoms with Crippen LogP contribution in [-0.4, -0.2) is 26.6 Å². The number of rotatable bonds is 5. The quantitative estimate of drug-likeness (QED) is 0.812. The summed E-state index contributed by atoms with van der Waals surface area (Å²) < 4.78 is 22.5. The second kappa shape index (κ2) is 5.97. The van der Waals surface area contributed by atoms with E-state index in [1.54, 1.807) is 12.1 Å². The normalized spacial score (nSPS) is 13.1. The first-order chi connectivity index (χ1) is 8.34. The molecule has 6 heteroatoms. The van der Waals surface area contributed by atoms with E-state index < -0.39 is 15.9 Å². The van der Waals surface area contributed by atoms with Crippen LogP contribution in [-0.2, 0) is 21.2 Å². The highest BCUT2D eigenvalue weighted by molar-refractivity contribution is 7.90. The van der Waals surface area contributed by atoms with Gasteiger partial charge < -0.3 is 11.1 Å². The van der Waals surface area contributed by atoms with Gasteiger partial charge in [-0.2, -0.15) is 0 Å². The molecule has 0 aliphatic rings. The van der Waals surface area contributed by atoms with Gasteiger partial charge in [-0.3, -0.25) is 4.79 Å². The SMILES string of the molecule is CC[C@H](N)C(=O)NCc1ccc(S(C)(=O)=O)cc1. The lowest BCUT2D eigenvalue weighted by Crippen LogP contribution is -2.39. The van der Waals surface area contributed by atoms with E-state index in [2.05, 4.69) is 5.32 Å². The van der Waals surface area contributed by atoms with E-state index in [9.17, 15) is 13.2 Å². The molecule has 0 aromatic heterocycles. The monoisotopic (exact) mass is 270 g/mol. The van der Waals surface area contributed by atoms with Gasteiger partial charge in [-0.25, -0.2) is 8.42 Å². The zero-order valence-corrected chi connectivity index (χ0v) is 11.3. The summed E-state index contributed by atoms with van der Waals surface area (Å²) in [5.41, 5.74) is 6.40. The Kier molecular flexibility index (Phi) is 4.86. The molecule has 0 saturated carbocycles. The van der Waals surface area contributed by atoms with Crippen molar-refractivity contribution in [2.75, 3.05) is 6.26 Å². The Morgan fingerprint density at radius 1 is 1.33 bits per heavy atom. The topological polar surface area (TPSA) is 89.3 Å². The van der Waals surface area contributed by atoms with Gasteiger partial charge in [0.25, 0.3) is 0 Å². The standard InChI is InChI=1S/C12H18N2O3S/c1-3-11(13)12(15)14-8-9-4-6-10(7-5-9)18(2,16)17/h4-7,11H,3,8,13H2,1-2H3,(H,14,15)/t11-/m0/s1. The average molecular weight is 270 g/mol. The zero-order chi connectivity index (χ0) is 13.8. The summed E-state index contributed by atoms with van der Waals surface area (Å²) in [6, 6.07) is 5.90. The van der Waals surface area contributed by atoms with Crippen molar-refractivity contribution < 1.29 is 13.2 Å². The molecular formula is C12H18N2O3S. The van der Waals surface area contributed by atoms with Crippen molar-refractivity contribution in [3.05, 3.63) is 29.8 Å². The van der Waals surface area contributed by atoms with Crippen LogP contribution in [0.1, 0.15) is 18.9 Å². The highest BCUT2D eigenvalue weighted by atomic mass is 32.2. The minimum Gasteiger partial charge on any atom is -0.351 e. The summed E-state index contributed by atoms with van der Waals surface area (Å²) in [6.07, 6.45) is 1.74. The molecule has 1 aromatic carbocycles. The number of carbonyl (C=O) groups excluding carboxylic acids is 1. The Hall–Kier alpha value is -1.40. The number of nitrogens with two attached hydrogens (primary N) is 1. The molecule has 1 atom stereocenters. The molecule has 0 saturated heterocycles. The lowest BCUT2D eigenvalue weighted by Gasteiger charge is -2.10. The predicted octanol–water partition coefficient (Wildman–Crippen LogP) is 0.444. The van der Waals surface area contributed by atoms with E-state index in [-0.39, 0.29) is 10.8 Å². The molecule has 1 aromatic rings. The number of sulfone groups is 1. The van der Waals surface area contributed by atoms with Crippen molar-refractivity contribution in [1.29, 1.82) is 0 Å². The first-order valence-electron chi connectivity index (χ1n) is 5.67. The van der Waals surface area contributed by atoms with Crippen molar-refractivity contribution in [1.82, 2.24) is 5.32 Å². The minimum absolute atomic E-state index is 0.204. The number of hydrogen-bond acceptors (Lipinski definition) is 4. The molecule has 0 radical (unpaired) electrons. The van der Waals surface area contributed by atoms with Gasteiger partial charge in [0.2, 0.25) is 5.91 Å². The maximum absolute atomic E-state index is 11.4. The van der Waals surface area contributed by atoms with E-state index in [1.807, 2.05) is 6.92 Å². The molecular weight excluding hydrogens is 252 g/mol.